The Labute approximate surface area is 167 Å². The molecule has 0 bridgehead atoms. The van der Waals surface area contributed by atoms with Gasteiger partial charge in [-0.05, 0) is 32.1 Å². The summed E-state index contributed by atoms with van der Waals surface area (Å²) in [6, 6.07) is -2.09. The molecule has 2 atom stereocenters. The van der Waals surface area contributed by atoms with E-state index in [9.17, 15) is 35.8 Å². The number of nitrogens with one attached hydrogen (secondary N) is 1. The number of alkyl halides is 6. The highest BCUT2D eigenvalue weighted by molar-refractivity contribution is 5.91. The minimum absolute atomic E-state index is 0.0475. The van der Waals surface area contributed by atoms with E-state index in [1.807, 2.05) is 5.32 Å². The quantitative estimate of drug-likeness (QED) is 0.483. The molecule has 0 saturated carbocycles. The van der Waals surface area contributed by atoms with E-state index in [-0.39, 0.29) is 18.4 Å². The largest absolute Gasteiger partial charge is 0.429 e. The van der Waals surface area contributed by atoms with E-state index in [4.69, 9.17) is 0 Å². The highest BCUT2D eigenvalue weighted by Gasteiger charge is 2.39. The van der Waals surface area contributed by atoms with Gasteiger partial charge in [-0.2, -0.15) is 41.3 Å². The number of allylic oxidation sites excluding steroid dienone is 1. The Morgan fingerprint density at radius 1 is 1.17 bits per heavy atom. The third kappa shape index (κ3) is 5.86. The number of aliphatic hydroxyl groups is 1. The lowest BCUT2D eigenvalue weighted by Crippen LogP contribution is -2.36. The maximum absolute atomic E-state index is 14.3. The van der Waals surface area contributed by atoms with Crippen LogP contribution < -0.4 is 5.32 Å². The van der Waals surface area contributed by atoms with Crippen LogP contribution in [0.1, 0.15) is 51.8 Å². The lowest BCUT2D eigenvalue weighted by molar-refractivity contribution is -0.143. The molecular formula is C17H20F7N5O. The molecule has 6 nitrogen and oxygen atoms in total. The van der Waals surface area contributed by atoms with Crippen LogP contribution in [0.4, 0.5) is 42.6 Å². The zero-order valence-corrected chi connectivity index (χ0v) is 16.1. The van der Waals surface area contributed by atoms with Crippen molar-refractivity contribution in [1.82, 2.24) is 15.0 Å². The molecule has 2 N–H and O–H groups in total. The minimum atomic E-state index is -4.81. The molecule has 0 radical (unpaired) electrons. The average molecular weight is 443 g/mol. The summed E-state index contributed by atoms with van der Waals surface area (Å²) in [5.41, 5.74) is -1.47. The molecule has 1 aliphatic carbocycles. The molecule has 1 aromatic rings. The van der Waals surface area contributed by atoms with Crippen molar-refractivity contribution in [2.24, 2.45) is 4.99 Å². The van der Waals surface area contributed by atoms with Gasteiger partial charge in [-0.1, -0.05) is 13.8 Å². The summed E-state index contributed by atoms with van der Waals surface area (Å²) >= 11 is 0. The fraction of sp³-hybridized carbons (Fsp3) is 0.647. The second-order valence-electron chi connectivity index (χ2n) is 6.57. The van der Waals surface area contributed by atoms with Crippen molar-refractivity contribution in [1.29, 1.82) is 0 Å². The summed E-state index contributed by atoms with van der Waals surface area (Å²) < 4.78 is 92.7. The van der Waals surface area contributed by atoms with E-state index >= 15 is 0 Å². The van der Waals surface area contributed by atoms with Gasteiger partial charge >= 0.3 is 12.4 Å². The van der Waals surface area contributed by atoms with Crippen LogP contribution in [0, 0.1) is 0 Å². The Hall–Kier alpha value is -2.31. The van der Waals surface area contributed by atoms with E-state index in [1.165, 1.54) is 13.8 Å². The molecular weight excluding hydrogens is 423 g/mol. The van der Waals surface area contributed by atoms with Gasteiger partial charge in [-0.15, -0.1) is 0 Å². The van der Waals surface area contributed by atoms with E-state index in [1.54, 1.807) is 0 Å². The summed E-state index contributed by atoms with van der Waals surface area (Å²) in [4.78, 5) is 14.3. The van der Waals surface area contributed by atoms with Gasteiger partial charge in [-0.3, -0.25) is 0 Å². The van der Waals surface area contributed by atoms with Crippen molar-refractivity contribution < 1.29 is 35.8 Å². The normalized spacial score (nSPS) is 19.8. The number of halogens is 7. The van der Waals surface area contributed by atoms with Gasteiger partial charge in [0.2, 0.25) is 5.95 Å². The molecule has 13 heteroatoms. The van der Waals surface area contributed by atoms with Crippen molar-refractivity contribution in [3.05, 3.63) is 11.7 Å². The lowest BCUT2D eigenvalue weighted by atomic mass is 9.96. The predicted molar refractivity (Wildman–Crippen MR) is 94.9 cm³/mol. The van der Waals surface area contributed by atoms with Crippen LogP contribution in [0.2, 0.25) is 0 Å². The number of hydrogen-bond donors (Lipinski definition) is 2. The smallest absolute Gasteiger partial charge is 0.386 e. The number of rotatable bonds is 6. The Kier molecular flexibility index (Phi) is 7.37. The molecule has 0 spiro atoms. The fourth-order valence-corrected chi connectivity index (χ4v) is 2.79. The summed E-state index contributed by atoms with van der Waals surface area (Å²) in [7, 11) is 0. The highest BCUT2D eigenvalue weighted by atomic mass is 19.4. The molecule has 1 aromatic heterocycles. The zero-order chi connectivity index (χ0) is 22.7. The number of aliphatic imine (C=N–C) groups is 1. The van der Waals surface area contributed by atoms with Crippen molar-refractivity contribution in [3.63, 3.8) is 0 Å². The maximum Gasteiger partial charge on any atom is 0.429 e. The number of aliphatic hydroxyl groups excluding tert-OH is 1. The minimum Gasteiger partial charge on any atom is -0.386 e. The van der Waals surface area contributed by atoms with Crippen LogP contribution in [0.25, 0.3) is 5.57 Å². The van der Waals surface area contributed by atoms with Gasteiger partial charge in [0.05, 0.1) is 0 Å². The van der Waals surface area contributed by atoms with Crippen LogP contribution in [-0.4, -0.2) is 50.3 Å². The molecule has 0 amide bonds. The van der Waals surface area contributed by atoms with Crippen LogP contribution in [0.15, 0.2) is 10.8 Å². The van der Waals surface area contributed by atoms with E-state index in [0.717, 1.165) is 0 Å². The molecule has 30 heavy (non-hydrogen) atoms. The number of nitrogens with zero attached hydrogens (tertiary/aromatic N) is 4. The van der Waals surface area contributed by atoms with Crippen molar-refractivity contribution >= 4 is 23.2 Å². The van der Waals surface area contributed by atoms with Gasteiger partial charge < -0.3 is 10.4 Å². The number of hydrogen-bond acceptors (Lipinski definition) is 6. The first-order valence-electron chi connectivity index (χ1n) is 9.17. The molecule has 0 aromatic carbocycles. The number of anilines is 1. The first kappa shape index (κ1) is 24.0. The number of aromatic nitrogens is 3. The highest BCUT2D eigenvalue weighted by Crippen LogP contribution is 2.33. The maximum atomic E-state index is 14.3. The summed E-state index contributed by atoms with van der Waals surface area (Å²) in [5, 5.41) is 11.7. The standard InChI is InChI=1S/C17H20F7N5O/c1-3-10(16(19,20)21)25-14-27-13(8-6-5-7-9(30)12(8)18)28-15(29-14)26-11(4-2)17(22,23)24/h9-10,30H,3-7H2,1-2H3,(H,25,27,28,29)/t9?,10-/m1/s1. The van der Waals surface area contributed by atoms with Gasteiger partial charge in [0.1, 0.15) is 23.7 Å². The third-order valence-electron chi connectivity index (χ3n) is 4.38. The first-order chi connectivity index (χ1) is 13.9. The van der Waals surface area contributed by atoms with E-state index in [0.29, 0.717) is 6.42 Å². The predicted octanol–water partition coefficient (Wildman–Crippen LogP) is 4.89. The van der Waals surface area contributed by atoms with Gasteiger partial charge in [0.15, 0.2) is 5.82 Å². The Bertz CT molecular complexity index is 820. The van der Waals surface area contributed by atoms with E-state index in [2.05, 4.69) is 19.9 Å². The van der Waals surface area contributed by atoms with Crippen LogP contribution in [0.3, 0.4) is 0 Å². The molecule has 1 heterocycles. The summed E-state index contributed by atoms with van der Waals surface area (Å²) in [6.07, 6.45) is -11.4. The molecule has 2 rings (SSSR count). The lowest BCUT2D eigenvalue weighted by Gasteiger charge is -2.21. The Morgan fingerprint density at radius 3 is 2.37 bits per heavy atom. The Balaban J connectivity index is 2.60. The molecule has 0 saturated heterocycles. The van der Waals surface area contributed by atoms with Crippen molar-refractivity contribution in [2.75, 3.05) is 5.32 Å². The van der Waals surface area contributed by atoms with Crippen LogP contribution in [-0.2, 0) is 0 Å². The molecule has 0 fully saturated rings. The second kappa shape index (κ2) is 9.23. The topological polar surface area (TPSA) is 83.3 Å². The van der Waals surface area contributed by atoms with Gasteiger partial charge in [0, 0.05) is 5.57 Å². The van der Waals surface area contributed by atoms with Gasteiger partial charge in [0.25, 0.3) is 5.95 Å². The first-order valence-corrected chi connectivity index (χ1v) is 9.17. The molecule has 1 unspecified atom stereocenters. The van der Waals surface area contributed by atoms with E-state index < -0.39 is 66.6 Å². The monoisotopic (exact) mass is 443 g/mol. The van der Waals surface area contributed by atoms with Gasteiger partial charge in [-0.25, -0.2) is 9.38 Å². The fourth-order valence-electron chi connectivity index (χ4n) is 2.79. The third-order valence-corrected chi connectivity index (χ3v) is 4.38. The second-order valence-corrected chi connectivity index (χ2v) is 6.57. The molecule has 0 aliphatic heterocycles. The molecule has 1 aliphatic rings. The van der Waals surface area contributed by atoms with Crippen molar-refractivity contribution in [3.8, 4) is 0 Å². The SMILES string of the molecule is CCC(=Nc1nc(N[C@H](CC)C(F)(F)F)nc(C2=C(F)C(O)CCC2)n1)C(F)(F)F. The summed E-state index contributed by atoms with van der Waals surface area (Å²) in [5.74, 6) is -2.96. The zero-order valence-electron chi connectivity index (χ0n) is 16.1. The summed E-state index contributed by atoms with van der Waals surface area (Å²) in [6.45, 7) is 2.43. The Morgan fingerprint density at radius 2 is 1.83 bits per heavy atom. The van der Waals surface area contributed by atoms with Crippen LogP contribution >= 0.6 is 0 Å². The molecule has 168 valence electrons. The average Bonchev–Trinajstić information content (AvgIpc) is 2.64. The van der Waals surface area contributed by atoms with Crippen LogP contribution in [0.5, 0.6) is 0 Å². The van der Waals surface area contributed by atoms with Crippen molar-refractivity contribution in [2.45, 2.75) is 70.4 Å².